The first kappa shape index (κ1) is 11.0. The Morgan fingerprint density at radius 2 is 2.00 bits per heavy atom. The van der Waals surface area contributed by atoms with E-state index in [9.17, 15) is 4.39 Å². The Morgan fingerprint density at radius 1 is 1.33 bits per heavy atom. The van der Waals surface area contributed by atoms with Gasteiger partial charge in [0.1, 0.15) is 11.6 Å². The highest BCUT2D eigenvalue weighted by atomic mass is 127. The summed E-state index contributed by atoms with van der Waals surface area (Å²) < 4.78 is 19.5. The second-order valence-electron chi connectivity index (χ2n) is 3.83. The van der Waals surface area contributed by atoms with Crippen LogP contribution in [-0.2, 0) is 0 Å². The van der Waals surface area contributed by atoms with Crippen molar-refractivity contribution in [3.8, 4) is 5.75 Å². The van der Waals surface area contributed by atoms with Crippen LogP contribution in [-0.4, -0.2) is 6.10 Å². The van der Waals surface area contributed by atoms with Gasteiger partial charge < -0.3 is 10.5 Å². The summed E-state index contributed by atoms with van der Waals surface area (Å²) in [5.74, 6) is 0.220. The molecule has 2 rings (SSSR count). The number of rotatable bonds is 2. The van der Waals surface area contributed by atoms with Crippen molar-refractivity contribution < 1.29 is 9.13 Å². The van der Waals surface area contributed by atoms with E-state index in [-0.39, 0.29) is 11.9 Å². The molecule has 0 radical (unpaired) electrons. The molecule has 0 aliphatic heterocycles. The SMILES string of the molecule is Nc1cc(I)c(F)cc1OC1CCCC1. The van der Waals surface area contributed by atoms with Crippen molar-refractivity contribution in [2.45, 2.75) is 31.8 Å². The Bertz CT molecular complexity index is 364. The molecule has 1 aliphatic rings. The van der Waals surface area contributed by atoms with E-state index in [1.807, 2.05) is 22.6 Å². The smallest absolute Gasteiger partial charge is 0.145 e. The van der Waals surface area contributed by atoms with E-state index in [4.69, 9.17) is 10.5 Å². The summed E-state index contributed by atoms with van der Waals surface area (Å²) in [6.07, 6.45) is 4.70. The van der Waals surface area contributed by atoms with Crippen LogP contribution in [0.3, 0.4) is 0 Å². The molecule has 0 spiro atoms. The van der Waals surface area contributed by atoms with Gasteiger partial charge in [-0.05, 0) is 54.3 Å². The lowest BCUT2D eigenvalue weighted by atomic mass is 10.2. The number of ether oxygens (including phenoxy) is 1. The lowest BCUT2D eigenvalue weighted by Gasteiger charge is -2.15. The number of hydrogen-bond acceptors (Lipinski definition) is 2. The van der Waals surface area contributed by atoms with Gasteiger partial charge in [0.05, 0.1) is 15.4 Å². The highest BCUT2D eigenvalue weighted by Crippen LogP contribution is 2.30. The number of nitrogens with two attached hydrogens (primary N) is 1. The third-order valence-corrected chi connectivity index (χ3v) is 3.48. The predicted molar refractivity (Wildman–Crippen MR) is 66.4 cm³/mol. The molecule has 0 bridgehead atoms. The Morgan fingerprint density at radius 3 is 2.67 bits per heavy atom. The third-order valence-electron chi connectivity index (χ3n) is 2.65. The van der Waals surface area contributed by atoms with Crippen LogP contribution in [0.2, 0.25) is 0 Å². The van der Waals surface area contributed by atoms with Crippen LogP contribution in [0, 0.1) is 9.39 Å². The Hall–Kier alpha value is -0.520. The Balaban J connectivity index is 2.16. The van der Waals surface area contributed by atoms with Gasteiger partial charge in [0, 0.05) is 6.07 Å². The summed E-state index contributed by atoms with van der Waals surface area (Å²) in [6.45, 7) is 0. The van der Waals surface area contributed by atoms with Gasteiger partial charge in [0.2, 0.25) is 0 Å². The minimum atomic E-state index is -0.266. The second-order valence-corrected chi connectivity index (χ2v) is 4.99. The van der Waals surface area contributed by atoms with Gasteiger partial charge in [-0.1, -0.05) is 0 Å². The van der Waals surface area contributed by atoms with Gasteiger partial charge in [-0.3, -0.25) is 0 Å². The molecule has 1 aromatic carbocycles. The van der Waals surface area contributed by atoms with Crippen molar-refractivity contribution in [2.75, 3.05) is 5.73 Å². The number of hydrogen-bond donors (Lipinski definition) is 1. The maximum absolute atomic E-state index is 13.3. The minimum absolute atomic E-state index is 0.215. The molecule has 0 atom stereocenters. The van der Waals surface area contributed by atoms with E-state index in [1.165, 1.54) is 18.9 Å². The van der Waals surface area contributed by atoms with Crippen LogP contribution >= 0.6 is 22.6 Å². The van der Waals surface area contributed by atoms with E-state index in [0.29, 0.717) is 15.0 Å². The van der Waals surface area contributed by atoms with Gasteiger partial charge in [-0.25, -0.2) is 4.39 Å². The lowest BCUT2D eigenvalue weighted by molar-refractivity contribution is 0.210. The molecule has 2 nitrogen and oxygen atoms in total. The Labute approximate surface area is 102 Å². The van der Waals surface area contributed by atoms with Crippen LogP contribution in [0.1, 0.15) is 25.7 Å². The van der Waals surface area contributed by atoms with Crippen LogP contribution in [0.5, 0.6) is 5.75 Å². The number of halogens is 2. The first-order chi connectivity index (χ1) is 7.16. The molecule has 0 aromatic heterocycles. The summed E-state index contributed by atoms with van der Waals surface area (Å²) in [7, 11) is 0. The van der Waals surface area contributed by atoms with Gasteiger partial charge in [0.25, 0.3) is 0 Å². The molecule has 82 valence electrons. The molecule has 0 saturated heterocycles. The van der Waals surface area contributed by atoms with Crippen LogP contribution in [0.15, 0.2) is 12.1 Å². The van der Waals surface area contributed by atoms with E-state index in [1.54, 1.807) is 6.07 Å². The fourth-order valence-corrected chi connectivity index (χ4v) is 2.32. The first-order valence-electron chi connectivity index (χ1n) is 5.08. The average molecular weight is 321 g/mol. The molecule has 15 heavy (non-hydrogen) atoms. The molecule has 0 amide bonds. The van der Waals surface area contributed by atoms with Crippen molar-refractivity contribution in [1.29, 1.82) is 0 Å². The maximum Gasteiger partial charge on any atom is 0.145 e. The highest BCUT2D eigenvalue weighted by Gasteiger charge is 2.18. The third kappa shape index (κ3) is 2.53. The number of nitrogen functional groups attached to an aromatic ring is 1. The van der Waals surface area contributed by atoms with Gasteiger partial charge in [-0.15, -0.1) is 0 Å². The molecule has 0 heterocycles. The monoisotopic (exact) mass is 321 g/mol. The molecular weight excluding hydrogens is 308 g/mol. The quantitative estimate of drug-likeness (QED) is 0.670. The van der Waals surface area contributed by atoms with Crippen LogP contribution in [0.25, 0.3) is 0 Å². The fraction of sp³-hybridized carbons (Fsp3) is 0.455. The summed E-state index contributed by atoms with van der Waals surface area (Å²) in [5, 5.41) is 0. The van der Waals surface area contributed by atoms with Crippen LogP contribution < -0.4 is 10.5 Å². The zero-order valence-corrected chi connectivity index (χ0v) is 10.5. The zero-order valence-electron chi connectivity index (χ0n) is 8.30. The average Bonchev–Trinajstić information content (AvgIpc) is 2.67. The topological polar surface area (TPSA) is 35.2 Å². The molecule has 2 N–H and O–H groups in total. The van der Waals surface area contributed by atoms with E-state index < -0.39 is 0 Å². The van der Waals surface area contributed by atoms with E-state index in [2.05, 4.69) is 0 Å². The standard InChI is InChI=1S/C11H13FINO/c12-8-5-11(10(14)6-9(8)13)15-7-3-1-2-4-7/h5-7H,1-4,14H2. The second kappa shape index (κ2) is 4.55. The van der Waals surface area contributed by atoms with Crippen molar-refractivity contribution in [1.82, 2.24) is 0 Å². The largest absolute Gasteiger partial charge is 0.488 e. The van der Waals surface area contributed by atoms with E-state index >= 15 is 0 Å². The van der Waals surface area contributed by atoms with Crippen molar-refractivity contribution in [3.63, 3.8) is 0 Å². The molecule has 1 aromatic rings. The molecule has 1 aliphatic carbocycles. The summed E-state index contributed by atoms with van der Waals surface area (Å²) in [4.78, 5) is 0. The van der Waals surface area contributed by atoms with Gasteiger partial charge in [-0.2, -0.15) is 0 Å². The molecule has 4 heteroatoms. The molecule has 1 fully saturated rings. The summed E-state index contributed by atoms with van der Waals surface area (Å²) in [5.41, 5.74) is 6.29. The molecular formula is C11H13FINO. The predicted octanol–water partition coefficient (Wildman–Crippen LogP) is 3.33. The lowest BCUT2D eigenvalue weighted by Crippen LogP contribution is -2.12. The minimum Gasteiger partial charge on any atom is -0.488 e. The summed E-state index contributed by atoms with van der Waals surface area (Å²) >= 11 is 1.92. The number of benzene rings is 1. The normalized spacial score (nSPS) is 16.9. The molecule has 0 unspecified atom stereocenters. The maximum atomic E-state index is 13.3. The highest BCUT2D eigenvalue weighted by molar-refractivity contribution is 14.1. The number of anilines is 1. The van der Waals surface area contributed by atoms with E-state index in [0.717, 1.165) is 12.8 Å². The van der Waals surface area contributed by atoms with Crippen molar-refractivity contribution in [2.24, 2.45) is 0 Å². The fourth-order valence-electron chi connectivity index (χ4n) is 1.83. The Kier molecular flexibility index (Phi) is 3.33. The van der Waals surface area contributed by atoms with Crippen molar-refractivity contribution in [3.05, 3.63) is 21.5 Å². The summed E-state index contributed by atoms with van der Waals surface area (Å²) in [6, 6.07) is 3.00. The first-order valence-corrected chi connectivity index (χ1v) is 6.16. The zero-order chi connectivity index (χ0) is 10.8. The van der Waals surface area contributed by atoms with Crippen LogP contribution in [0.4, 0.5) is 10.1 Å². The van der Waals surface area contributed by atoms with Gasteiger partial charge >= 0.3 is 0 Å². The molecule has 1 saturated carbocycles. The van der Waals surface area contributed by atoms with Crippen molar-refractivity contribution >= 4 is 28.3 Å². The van der Waals surface area contributed by atoms with Gasteiger partial charge in [0.15, 0.2) is 0 Å².